The van der Waals surface area contributed by atoms with E-state index in [1.54, 1.807) is 14.2 Å². The van der Waals surface area contributed by atoms with E-state index < -0.39 is 5.60 Å². The SMILES string of the molecule is CCCC1CCNC[C@]1(O)C#Cc1ccc(N2C[C@@H](OC)[C@H](OC)C2)nc1Cc1ccccc1. The lowest BCUT2D eigenvalue weighted by Crippen LogP contribution is -2.51. The molecule has 1 unspecified atom stereocenters. The number of nitrogens with zero attached hydrogens (tertiary/aromatic N) is 2. The molecule has 6 heteroatoms. The van der Waals surface area contributed by atoms with Crippen LogP contribution in [0.3, 0.4) is 0 Å². The number of hydrogen-bond acceptors (Lipinski definition) is 6. The third kappa shape index (κ3) is 5.61. The van der Waals surface area contributed by atoms with Crippen LogP contribution in [0.1, 0.15) is 43.0 Å². The Hall–Kier alpha value is -2.43. The third-order valence-electron chi connectivity index (χ3n) is 7.11. The summed E-state index contributed by atoms with van der Waals surface area (Å²) in [6.45, 7) is 5.08. The summed E-state index contributed by atoms with van der Waals surface area (Å²) in [6, 6.07) is 14.4. The van der Waals surface area contributed by atoms with Gasteiger partial charge in [0, 0.05) is 51.8 Å². The molecule has 0 saturated carbocycles. The van der Waals surface area contributed by atoms with Gasteiger partial charge in [-0.3, -0.25) is 0 Å². The molecule has 6 nitrogen and oxygen atoms in total. The van der Waals surface area contributed by atoms with Crippen molar-refractivity contribution in [3.05, 3.63) is 59.3 Å². The molecule has 1 aromatic heterocycles. The van der Waals surface area contributed by atoms with Crippen LogP contribution in [-0.2, 0) is 15.9 Å². The van der Waals surface area contributed by atoms with E-state index in [2.05, 4.69) is 41.1 Å². The molecule has 182 valence electrons. The van der Waals surface area contributed by atoms with Gasteiger partial charge in [0.15, 0.2) is 0 Å². The average molecular weight is 464 g/mol. The molecular formula is C28H37N3O3. The minimum atomic E-state index is -1.01. The number of β-amino-alcohol motifs (C(OH)–C–C–N with tert-alkyl or cyclic N) is 1. The fourth-order valence-corrected chi connectivity index (χ4v) is 5.08. The number of piperidine rings is 1. The van der Waals surface area contributed by atoms with E-state index in [1.807, 2.05) is 30.3 Å². The topological polar surface area (TPSA) is 66.9 Å². The highest BCUT2D eigenvalue weighted by molar-refractivity contribution is 5.50. The second kappa shape index (κ2) is 11.3. The van der Waals surface area contributed by atoms with Crippen molar-refractivity contribution in [1.29, 1.82) is 0 Å². The van der Waals surface area contributed by atoms with Gasteiger partial charge in [-0.25, -0.2) is 4.98 Å². The number of rotatable bonds is 7. The molecule has 2 aliphatic heterocycles. The van der Waals surface area contributed by atoms with Crippen molar-refractivity contribution in [2.75, 3.05) is 45.3 Å². The molecule has 2 aliphatic rings. The van der Waals surface area contributed by atoms with E-state index in [4.69, 9.17) is 14.5 Å². The fraction of sp³-hybridized carbons (Fsp3) is 0.536. The van der Waals surface area contributed by atoms with E-state index in [0.29, 0.717) is 13.0 Å². The second-order valence-corrected chi connectivity index (χ2v) is 9.40. The van der Waals surface area contributed by atoms with Gasteiger partial charge in [0.2, 0.25) is 0 Å². The van der Waals surface area contributed by atoms with Gasteiger partial charge in [-0.2, -0.15) is 0 Å². The van der Waals surface area contributed by atoms with Gasteiger partial charge in [0.05, 0.1) is 5.69 Å². The molecule has 0 spiro atoms. The Kier molecular flexibility index (Phi) is 8.23. The zero-order valence-corrected chi connectivity index (χ0v) is 20.6. The molecule has 2 saturated heterocycles. The zero-order chi connectivity index (χ0) is 24.0. The lowest BCUT2D eigenvalue weighted by Gasteiger charge is -2.36. The van der Waals surface area contributed by atoms with Crippen molar-refractivity contribution in [3.8, 4) is 11.8 Å². The summed E-state index contributed by atoms with van der Waals surface area (Å²) < 4.78 is 11.2. The first-order valence-corrected chi connectivity index (χ1v) is 12.4. The van der Waals surface area contributed by atoms with Crippen LogP contribution in [0.5, 0.6) is 0 Å². The van der Waals surface area contributed by atoms with Crippen LogP contribution in [0, 0.1) is 17.8 Å². The molecular weight excluding hydrogens is 426 g/mol. The van der Waals surface area contributed by atoms with Gasteiger partial charge >= 0.3 is 0 Å². The number of pyridine rings is 1. The summed E-state index contributed by atoms with van der Waals surface area (Å²) in [5.41, 5.74) is 1.96. The number of methoxy groups -OCH3 is 2. The molecule has 0 bridgehead atoms. The highest BCUT2D eigenvalue weighted by atomic mass is 16.5. The van der Waals surface area contributed by atoms with Crippen LogP contribution in [-0.4, -0.2) is 68.3 Å². The number of aliphatic hydroxyl groups is 1. The molecule has 2 N–H and O–H groups in total. The Morgan fingerprint density at radius 1 is 1.12 bits per heavy atom. The van der Waals surface area contributed by atoms with Crippen LogP contribution in [0.15, 0.2) is 42.5 Å². The van der Waals surface area contributed by atoms with Crippen molar-refractivity contribution in [3.63, 3.8) is 0 Å². The number of anilines is 1. The van der Waals surface area contributed by atoms with Gasteiger partial charge in [-0.05, 0) is 37.1 Å². The number of hydrogen-bond donors (Lipinski definition) is 2. The smallest absolute Gasteiger partial charge is 0.141 e. The highest BCUT2D eigenvalue weighted by Gasteiger charge is 2.37. The minimum absolute atomic E-state index is 0.0207. The summed E-state index contributed by atoms with van der Waals surface area (Å²) in [5.74, 6) is 7.66. The van der Waals surface area contributed by atoms with Crippen molar-refractivity contribution in [2.24, 2.45) is 5.92 Å². The number of nitrogens with one attached hydrogen (secondary N) is 1. The molecule has 2 fully saturated rings. The first-order valence-electron chi connectivity index (χ1n) is 12.4. The van der Waals surface area contributed by atoms with Crippen molar-refractivity contribution in [1.82, 2.24) is 10.3 Å². The highest BCUT2D eigenvalue weighted by Crippen LogP contribution is 2.28. The van der Waals surface area contributed by atoms with E-state index in [1.165, 1.54) is 5.56 Å². The third-order valence-corrected chi connectivity index (χ3v) is 7.11. The quantitative estimate of drug-likeness (QED) is 0.616. The Morgan fingerprint density at radius 3 is 2.53 bits per heavy atom. The maximum absolute atomic E-state index is 11.4. The predicted molar refractivity (Wildman–Crippen MR) is 135 cm³/mol. The fourth-order valence-electron chi connectivity index (χ4n) is 5.08. The van der Waals surface area contributed by atoms with Gasteiger partial charge in [-0.1, -0.05) is 55.5 Å². The molecule has 3 heterocycles. The summed E-state index contributed by atoms with van der Waals surface area (Å²) in [4.78, 5) is 7.26. The number of ether oxygens (including phenoxy) is 2. The first-order chi connectivity index (χ1) is 16.6. The summed E-state index contributed by atoms with van der Waals surface area (Å²) >= 11 is 0. The number of benzene rings is 1. The van der Waals surface area contributed by atoms with Gasteiger partial charge in [-0.15, -0.1) is 0 Å². The molecule has 4 atom stereocenters. The van der Waals surface area contributed by atoms with E-state index in [-0.39, 0.29) is 18.1 Å². The lowest BCUT2D eigenvalue weighted by molar-refractivity contribution is -0.00461. The Bertz CT molecular complexity index is 989. The molecule has 1 aromatic carbocycles. The minimum Gasteiger partial charge on any atom is -0.377 e. The van der Waals surface area contributed by atoms with Crippen molar-refractivity contribution < 1.29 is 14.6 Å². The Labute approximate surface area is 203 Å². The standard InChI is InChI=1S/C28H37N3O3/c1-4-8-23-14-16-29-20-28(23,32)15-13-22-11-12-27(31-18-25(33-2)26(19-31)34-3)30-24(22)17-21-9-6-5-7-10-21/h5-7,9-12,23,25-26,29,32H,4,8,14,16-20H2,1-3H3/t23?,25-,26-,28-/m1/s1. The average Bonchev–Trinajstić information content (AvgIpc) is 3.29. The zero-order valence-electron chi connectivity index (χ0n) is 20.6. The normalized spacial score (nSPS) is 26.8. The predicted octanol–water partition coefficient (Wildman–Crippen LogP) is 3.01. The van der Waals surface area contributed by atoms with Crippen molar-refractivity contribution >= 4 is 5.82 Å². The van der Waals surface area contributed by atoms with E-state index in [0.717, 1.165) is 56.0 Å². The van der Waals surface area contributed by atoms with E-state index >= 15 is 0 Å². The van der Waals surface area contributed by atoms with Crippen LogP contribution in [0.4, 0.5) is 5.82 Å². The first kappa shape index (κ1) is 24.7. The van der Waals surface area contributed by atoms with Crippen LogP contribution < -0.4 is 10.2 Å². The molecule has 0 radical (unpaired) electrons. The van der Waals surface area contributed by atoms with Gasteiger partial charge in [0.25, 0.3) is 0 Å². The number of aromatic nitrogens is 1. The maximum atomic E-state index is 11.4. The largest absolute Gasteiger partial charge is 0.377 e. The molecule has 4 rings (SSSR count). The van der Waals surface area contributed by atoms with Crippen LogP contribution >= 0.6 is 0 Å². The maximum Gasteiger partial charge on any atom is 0.141 e. The summed E-state index contributed by atoms with van der Waals surface area (Å²) in [7, 11) is 3.45. The molecule has 2 aromatic rings. The van der Waals surface area contributed by atoms with Crippen LogP contribution in [0.25, 0.3) is 0 Å². The second-order valence-electron chi connectivity index (χ2n) is 9.40. The molecule has 0 amide bonds. The lowest BCUT2D eigenvalue weighted by atomic mass is 9.79. The molecule has 0 aliphatic carbocycles. The van der Waals surface area contributed by atoms with Gasteiger partial charge in [0.1, 0.15) is 23.6 Å². The summed E-state index contributed by atoms with van der Waals surface area (Å²) in [6.07, 6.45) is 3.70. The van der Waals surface area contributed by atoms with Gasteiger partial charge < -0.3 is 24.8 Å². The Morgan fingerprint density at radius 2 is 1.85 bits per heavy atom. The van der Waals surface area contributed by atoms with Crippen LogP contribution in [0.2, 0.25) is 0 Å². The summed E-state index contributed by atoms with van der Waals surface area (Å²) in [5, 5.41) is 14.7. The molecule has 34 heavy (non-hydrogen) atoms. The monoisotopic (exact) mass is 463 g/mol. The Balaban J connectivity index is 1.65. The van der Waals surface area contributed by atoms with Crippen molar-refractivity contribution in [2.45, 2.75) is 50.4 Å². The van der Waals surface area contributed by atoms with E-state index in [9.17, 15) is 5.11 Å².